The molecular formula is C18H26O4S. The molecule has 0 aromatic heterocycles. The maximum Gasteiger partial charge on any atom is 0.313 e. The van der Waals surface area contributed by atoms with E-state index in [1.54, 1.807) is 24.3 Å². The van der Waals surface area contributed by atoms with Gasteiger partial charge in [-0.2, -0.15) is 0 Å². The minimum absolute atomic E-state index is 0.0504. The third-order valence-corrected chi connectivity index (χ3v) is 4.32. The molecule has 0 heterocycles. The van der Waals surface area contributed by atoms with Gasteiger partial charge in [-0.05, 0) is 30.7 Å². The zero-order valence-electron chi connectivity index (χ0n) is 13.8. The van der Waals surface area contributed by atoms with Gasteiger partial charge < -0.3 is 9.84 Å². The van der Waals surface area contributed by atoms with Crippen molar-refractivity contribution >= 4 is 23.5 Å². The Morgan fingerprint density at radius 1 is 1.00 bits per heavy atom. The quantitative estimate of drug-likeness (QED) is 0.426. The monoisotopic (exact) mass is 338 g/mol. The van der Waals surface area contributed by atoms with Gasteiger partial charge in [0.2, 0.25) is 0 Å². The second-order valence-electron chi connectivity index (χ2n) is 5.45. The van der Waals surface area contributed by atoms with E-state index in [1.165, 1.54) is 32.1 Å². The van der Waals surface area contributed by atoms with Crippen LogP contribution in [-0.2, 0) is 4.79 Å². The van der Waals surface area contributed by atoms with Gasteiger partial charge in [0, 0.05) is 5.56 Å². The largest absolute Gasteiger partial charge is 0.494 e. The van der Waals surface area contributed by atoms with E-state index in [2.05, 4.69) is 6.92 Å². The topological polar surface area (TPSA) is 63.6 Å². The summed E-state index contributed by atoms with van der Waals surface area (Å²) in [6, 6.07) is 7.07. The first-order valence-electron chi connectivity index (χ1n) is 8.19. The van der Waals surface area contributed by atoms with E-state index in [1.807, 2.05) is 0 Å². The Balaban J connectivity index is 2.22. The summed E-state index contributed by atoms with van der Waals surface area (Å²) in [6.45, 7) is 2.91. The number of unbranched alkanes of at least 4 members (excludes halogenated alkanes) is 5. The van der Waals surface area contributed by atoms with E-state index in [0.717, 1.165) is 23.9 Å². The Bertz CT molecular complexity index is 470. The maximum absolute atomic E-state index is 11.9. The first-order chi connectivity index (χ1) is 11.1. The number of hydrogen-bond donors (Lipinski definition) is 1. The molecule has 1 N–H and O–H groups in total. The van der Waals surface area contributed by atoms with Crippen molar-refractivity contribution in [3.05, 3.63) is 29.8 Å². The zero-order chi connectivity index (χ0) is 16.9. The van der Waals surface area contributed by atoms with E-state index in [9.17, 15) is 9.59 Å². The molecule has 128 valence electrons. The average Bonchev–Trinajstić information content (AvgIpc) is 2.54. The second kappa shape index (κ2) is 12.0. The molecule has 0 atom stereocenters. The van der Waals surface area contributed by atoms with Crippen LogP contribution in [-0.4, -0.2) is 35.0 Å². The van der Waals surface area contributed by atoms with Gasteiger partial charge >= 0.3 is 5.97 Å². The van der Waals surface area contributed by atoms with Crippen LogP contribution in [0.3, 0.4) is 0 Å². The summed E-state index contributed by atoms with van der Waals surface area (Å²) in [7, 11) is 0. The van der Waals surface area contributed by atoms with Crippen molar-refractivity contribution in [2.24, 2.45) is 0 Å². The minimum atomic E-state index is -0.902. The first kappa shape index (κ1) is 19.6. The van der Waals surface area contributed by atoms with Crippen molar-refractivity contribution in [3.8, 4) is 5.75 Å². The van der Waals surface area contributed by atoms with Gasteiger partial charge in [-0.3, -0.25) is 9.59 Å². The molecule has 0 unspecified atom stereocenters. The number of thioether (sulfide) groups is 1. The molecule has 0 radical (unpaired) electrons. The van der Waals surface area contributed by atoms with E-state index in [-0.39, 0.29) is 17.3 Å². The third-order valence-electron chi connectivity index (χ3n) is 3.40. The number of carboxylic acids is 1. The molecule has 1 rings (SSSR count). The molecule has 0 fully saturated rings. The average molecular weight is 338 g/mol. The second-order valence-corrected chi connectivity index (χ2v) is 6.44. The number of rotatable bonds is 13. The van der Waals surface area contributed by atoms with Gasteiger partial charge in [0.05, 0.1) is 18.1 Å². The number of Topliss-reactive ketones (excluding diaryl/α,β-unsaturated/α-hetero) is 1. The van der Waals surface area contributed by atoms with Crippen molar-refractivity contribution in [2.75, 3.05) is 18.1 Å². The Morgan fingerprint density at radius 3 is 2.30 bits per heavy atom. The Labute approximate surface area is 142 Å². The highest BCUT2D eigenvalue weighted by atomic mass is 32.2. The molecule has 0 aliphatic heterocycles. The lowest BCUT2D eigenvalue weighted by Gasteiger charge is -2.07. The van der Waals surface area contributed by atoms with Gasteiger partial charge in [-0.25, -0.2) is 0 Å². The molecule has 0 saturated carbocycles. The maximum atomic E-state index is 11.9. The number of aliphatic carboxylic acids is 1. The van der Waals surface area contributed by atoms with Crippen LogP contribution in [0.1, 0.15) is 55.8 Å². The number of benzene rings is 1. The van der Waals surface area contributed by atoms with Crippen molar-refractivity contribution in [3.63, 3.8) is 0 Å². The van der Waals surface area contributed by atoms with Crippen molar-refractivity contribution in [2.45, 2.75) is 45.4 Å². The minimum Gasteiger partial charge on any atom is -0.494 e. The Morgan fingerprint density at radius 2 is 1.65 bits per heavy atom. The third kappa shape index (κ3) is 9.29. The Kier molecular flexibility index (Phi) is 10.2. The highest BCUT2D eigenvalue weighted by Gasteiger charge is 2.07. The summed E-state index contributed by atoms with van der Waals surface area (Å²) in [4.78, 5) is 22.3. The molecule has 5 heteroatoms. The number of ketones is 1. The summed E-state index contributed by atoms with van der Waals surface area (Å²) in [5.74, 6) is -0.0524. The lowest BCUT2D eigenvalue weighted by atomic mass is 10.1. The van der Waals surface area contributed by atoms with E-state index in [4.69, 9.17) is 9.84 Å². The van der Waals surface area contributed by atoms with Gasteiger partial charge in [-0.1, -0.05) is 39.0 Å². The van der Waals surface area contributed by atoms with Gasteiger partial charge in [0.25, 0.3) is 0 Å². The number of hydrogen-bond acceptors (Lipinski definition) is 4. The summed E-state index contributed by atoms with van der Waals surface area (Å²) >= 11 is 1.11. The molecule has 0 aliphatic carbocycles. The Hall–Kier alpha value is -1.49. The van der Waals surface area contributed by atoms with Gasteiger partial charge in [0.1, 0.15) is 5.75 Å². The molecule has 23 heavy (non-hydrogen) atoms. The lowest BCUT2D eigenvalue weighted by Crippen LogP contribution is -2.06. The highest BCUT2D eigenvalue weighted by Crippen LogP contribution is 2.15. The standard InChI is InChI=1S/C18H26O4S/c1-2-3-4-5-6-7-12-22-16-10-8-15(9-11-16)17(19)13-23-14-18(20)21/h8-11H,2-7,12-14H2,1H3,(H,20,21). The summed E-state index contributed by atoms with van der Waals surface area (Å²) in [5, 5.41) is 8.55. The lowest BCUT2D eigenvalue weighted by molar-refractivity contribution is -0.133. The number of ether oxygens (including phenoxy) is 1. The SMILES string of the molecule is CCCCCCCCOc1ccc(C(=O)CSCC(=O)O)cc1. The molecule has 0 aliphatic rings. The smallest absolute Gasteiger partial charge is 0.313 e. The fraction of sp³-hybridized carbons (Fsp3) is 0.556. The molecule has 0 spiro atoms. The van der Waals surface area contributed by atoms with Crippen molar-refractivity contribution in [1.29, 1.82) is 0 Å². The fourth-order valence-electron chi connectivity index (χ4n) is 2.12. The molecule has 0 amide bonds. The van der Waals surface area contributed by atoms with Crippen LogP contribution in [0.2, 0.25) is 0 Å². The summed E-state index contributed by atoms with van der Waals surface area (Å²) in [6.07, 6.45) is 7.37. The molecule has 4 nitrogen and oxygen atoms in total. The van der Waals surface area contributed by atoms with Crippen LogP contribution < -0.4 is 4.74 Å². The predicted octanol–water partition coefficient (Wildman–Crippen LogP) is 4.43. The van der Waals surface area contributed by atoms with Crippen molar-refractivity contribution < 1.29 is 19.4 Å². The molecule has 0 bridgehead atoms. The predicted molar refractivity (Wildman–Crippen MR) is 94.6 cm³/mol. The number of carboxylic acid groups (broad SMARTS) is 1. The van der Waals surface area contributed by atoms with Crippen LogP contribution >= 0.6 is 11.8 Å². The van der Waals surface area contributed by atoms with E-state index >= 15 is 0 Å². The molecular weight excluding hydrogens is 312 g/mol. The summed E-state index contributed by atoms with van der Waals surface area (Å²) < 4.78 is 5.67. The number of carbonyl (C=O) groups excluding carboxylic acids is 1. The highest BCUT2D eigenvalue weighted by molar-refractivity contribution is 8.00. The first-order valence-corrected chi connectivity index (χ1v) is 9.34. The molecule has 1 aromatic rings. The normalized spacial score (nSPS) is 10.5. The zero-order valence-corrected chi connectivity index (χ0v) is 14.6. The van der Waals surface area contributed by atoms with Gasteiger partial charge in [0.15, 0.2) is 5.78 Å². The fourth-order valence-corrected chi connectivity index (χ4v) is 2.75. The van der Waals surface area contributed by atoms with Crippen LogP contribution in [0.5, 0.6) is 5.75 Å². The van der Waals surface area contributed by atoms with Crippen LogP contribution in [0.25, 0.3) is 0 Å². The number of carbonyl (C=O) groups is 2. The van der Waals surface area contributed by atoms with Crippen LogP contribution in [0, 0.1) is 0 Å². The molecule has 1 aromatic carbocycles. The van der Waals surface area contributed by atoms with Crippen LogP contribution in [0.15, 0.2) is 24.3 Å². The van der Waals surface area contributed by atoms with Gasteiger partial charge in [-0.15, -0.1) is 11.8 Å². The molecule has 0 saturated heterocycles. The summed E-state index contributed by atoms with van der Waals surface area (Å²) in [5.41, 5.74) is 0.592. The van der Waals surface area contributed by atoms with Crippen LogP contribution in [0.4, 0.5) is 0 Å². The van der Waals surface area contributed by atoms with E-state index < -0.39 is 5.97 Å². The van der Waals surface area contributed by atoms with Crippen molar-refractivity contribution in [1.82, 2.24) is 0 Å². The van der Waals surface area contributed by atoms with E-state index in [0.29, 0.717) is 12.2 Å².